The third-order valence-electron chi connectivity index (χ3n) is 2.78. The summed E-state index contributed by atoms with van der Waals surface area (Å²) in [6.45, 7) is 0.692. The molecule has 2 aromatic rings. The van der Waals surface area contributed by atoms with E-state index in [9.17, 15) is 9.90 Å². The van der Waals surface area contributed by atoms with Crippen LogP contribution in [0.3, 0.4) is 0 Å². The molecule has 3 N–H and O–H groups in total. The number of carbonyl (C=O) groups is 1. The van der Waals surface area contributed by atoms with Gasteiger partial charge in [0.15, 0.2) is 0 Å². The summed E-state index contributed by atoms with van der Waals surface area (Å²) < 4.78 is 1.83. The predicted octanol–water partition coefficient (Wildman–Crippen LogP) is 1.62. The highest BCUT2D eigenvalue weighted by molar-refractivity contribution is 7.09. The van der Waals surface area contributed by atoms with Gasteiger partial charge in [-0.1, -0.05) is 6.07 Å². The van der Waals surface area contributed by atoms with Gasteiger partial charge in [0.2, 0.25) is 0 Å². The van der Waals surface area contributed by atoms with E-state index in [1.54, 1.807) is 11.3 Å². The molecule has 1 atom stereocenters. The van der Waals surface area contributed by atoms with E-state index in [0.717, 1.165) is 10.6 Å². The number of nitrogens with one attached hydrogen (secondary N) is 2. The molecule has 2 aromatic heterocycles. The first-order valence-electron chi connectivity index (χ1n) is 6.00. The van der Waals surface area contributed by atoms with Crippen LogP contribution in [0, 0.1) is 0 Å². The monoisotopic (exact) mass is 279 g/mol. The lowest BCUT2D eigenvalue weighted by Gasteiger charge is -2.13. The summed E-state index contributed by atoms with van der Waals surface area (Å²) in [4.78, 5) is 12.7. The first kappa shape index (κ1) is 13.6. The second-order valence-corrected chi connectivity index (χ2v) is 5.23. The van der Waals surface area contributed by atoms with E-state index in [-0.39, 0.29) is 12.6 Å². The molecule has 0 bridgehead atoms. The molecule has 0 fully saturated rings. The van der Waals surface area contributed by atoms with Crippen molar-refractivity contribution in [2.45, 2.75) is 12.6 Å². The summed E-state index contributed by atoms with van der Waals surface area (Å²) in [7, 11) is 1.86. The van der Waals surface area contributed by atoms with Crippen molar-refractivity contribution in [3.05, 3.63) is 46.4 Å². The van der Waals surface area contributed by atoms with Gasteiger partial charge in [0, 0.05) is 23.8 Å². The first-order valence-corrected chi connectivity index (χ1v) is 6.88. The van der Waals surface area contributed by atoms with E-state index < -0.39 is 6.10 Å². The standard InChI is InChI=1S/C13H17N3O2S/c1-16-6-2-5-11(16)12(17)9-15-13(18)14-8-10-4-3-7-19-10/h2-7,12,17H,8-9H2,1H3,(H2,14,15,18). The van der Waals surface area contributed by atoms with Crippen molar-refractivity contribution in [1.29, 1.82) is 0 Å². The number of amides is 2. The van der Waals surface area contributed by atoms with Crippen LogP contribution in [0.15, 0.2) is 35.8 Å². The second-order valence-electron chi connectivity index (χ2n) is 4.20. The van der Waals surface area contributed by atoms with Gasteiger partial charge in [-0.2, -0.15) is 0 Å². The third kappa shape index (κ3) is 3.84. The minimum atomic E-state index is -0.701. The summed E-state index contributed by atoms with van der Waals surface area (Å²) in [6, 6.07) is 7.31. The van der Waals surface area contributed by atoms with Gasteiger partial charge < -0.3 is 20.3 Å². The summed E-state index contributed by atoms with van der Waals surface area (Å²) in [5.74, 6) is 0. The van der Waals surface area contributed by atoms with Gasteiger partial charge in [0.25, 0.3) is 0 Å². The van der Waals surface area contributed by atoms with Crippen molar-refractivity contribution in [3.8, 4) is 0 Å². The number of aromatic nitrogens is 1. The minimum Gasteiger partial charge on any atom is -0.385 e. The number of rotatable bonds is 5. The highest BCUT2D eigenvalue weighted by Gasteiger charge is 2.11. The van der Waals surface area contributed by atoms with Crippen molar-refractivity contribution in [2.75, 3.05) is 6.54 Å². The molecular weight excluding hydrogens is 262 g/mol. The number of aliphatic hydroxyl groups excluding tert-OH is 1. The molecule has 0 spiro atoms. The third-order valence-corrected chi connectivity index (χ3v) is 3.66. The number of aryl methyl sites for hydroxylation is 1. The molecule has 19 heavy (non-hydrogen) atoms. The summed E-state index contributed by atoms with van der Waals surface area (Å²) in [5.41, 5.74) is 0.776. The van der Waals surface area contributed by atoms with Gasteiger partial charge in [0.1, 0.15) is 6.10 Å². The fourth-order valence-electron chi connectivity index (χ4n) is 1.76. The number of aliphatic hydroxyl groups is 1. The van der Waals surface area contributed by atoms with Gasteiger partial charge >= 0.3 is 6.03 Å². The molecule has 2 heterocycles. The SMILES string of the molecule is Cn1cccc1C(O)CNC(=O)NCc1cccs1. The molecule has 0 saturated heterocycles. The van der Waals surface area contributed by atoms with Crippen LogP contribution in [-0.2, 0) is 13.6 Å². The van der Waals surface area contributed by atoms with Gasteiger partial charge in [-0.3, -0.25) is 0 Å². The van der Waals surface area contributed by atoms with Crippen LogP contribution >= 0.6 is 11.3 Å². The van der Waals surface area contributed by atoms with E-state index >= 15 is 0 Å². The lowest BCUT2D eigenvalue weighted by Crippen LogP contribution is -2.37. The molecule has 0 aliphatic heterocycles. The van der Waals surface area contributed by atoms with E-state index in [0.29, 0.717) is 6.54 Å². The maximum Gasteiger partial charge on any atom is 0.315 e. The summed E-state index contributed by atoms with van der Waals surface area (Å²) in [6.07, 6.45) is 1.16. The molecule has 1 unspecified atom stereocenters. The Morgan fingerprint density at radius 2 is 2.26 bits per heavy atom. The van der Waals surface area contributed by atoms with Crippen LogP contribution < -0.4 is 10.6 Å². The average Bonchev–Trinajstić information content (AvgIpc) is 3.04. The van der Waals surface area contributed by atoms with Gasteiger partial charge in [0.05, 0.1) is 13.1 Å². The smallest absolute Gasteiger partial charge is 0.315 e. The molecular formula is C13H17N3O2S. The van der Waals surface area contributed by atoms with Gasteiger partial charge in [-0.05, 0) is 23.6 Å². The Kier molecular flexibility index (Phi) is 4.59. The Bertz CT molecular complexity index is 522. The van der Waals surface area contributed by atoms with Crippen molar-refractivity contribution < 1.29 is 9.90 Å². The fraction of sp³-hybridized carbons (Fsp3) is 0.308. The lowest BCUT2D eigenvalue weighted by atomic mass is 10.2. The predicted molar refractivity (Wildman–Crippen MR) is 74.9 cm³/mol. The molecule has 0 radical (unpaired) electrons. The zero-order chi connectivity index (χ0) is 13.7. The number of hydrogen-bond acceptors (Lipinski definition) is 3. The molecule has 0 aliphatic carbocycles. The molecule has 2 rings (SSSR count). The maximum absolute atomic E-state index is 11.6. The van der Waals surface area contributed by atoms with Crippen LogP contribution in [-0.4, -0.2) is 22.2 Å². The number of thiophene rings is 1. The second kappa shape index (κ2) is 6.40. The zero-order valence-corrected chi connectivity index (χ0v) is 11.5. The molecule has 6 heteroatoms. The minimum absolute atomic E-state index is 0.189. The van der Waals surface area contributed by atoms with E-state index in [1.165, 1.54) is 0 Å². The number of carbonyl (C=O) groups excluding carboxylic acids is 1. The average molecular weight is 279 g/mol. The summed E-state index contributed by atoms with van der Waals surface area (Å²) in [5, 5.41) is 17.3. The molecule has 5 nitrogen and oxygen atoms in total. The van der Waals surface area contributed by atoms with E-state index in [2.05, 4.69) is 10.6 Å². The molecule has 0 aromatic carbocycles. The van der Waals surface area contributed by atoms with Crippen LogP contribution in [0.2, 0.25) is 0 Å². The molecule has 0 saturated carbocycles. The van der Waals surface area contributed by atoms with Crippen molar-refractivity contribution in [1.82, 2.24) is 15.2 Å². The first-order chi connectivity index (χ1) is 9.16. The Labute approximate surface area is 115 Å². The Balaban J connectivity index is 1.73. The topological polar surface area (TPSA) is 66.3 Å². The quantitative estimate of drug-likeness (QED) is 0.778. The fourth-order valence-corrected chi connectivity index (χ4v) is 2.40. The van der Waals surface area contributed by atoms with Crippen LogP contribution in [0.4, 0.5) is 4.79 Å². The molecule has 102 valence electrons. The Morgan fingerprint density at radius 3 is 2.89 bits per heavy atom. The number of nitrogens with zero attached hydrogens (tertiary/aromatic N) is 1. The van der Waals surface area contributed by atoms with Gasteiger partial charge in [-0.25, -0.2) is 4.79 Å². The molecule has 2 amide bonds. The van der Waals surface area contributed by atoms with E-state index in [1.807, 2.05) is 47.5 Å². The highest BCUT2D eigenvalue weighted by atomic mass is 32.1. The van der Waals surface area contributed by atoms with Crippen molar-refractivity contribution in [3.63, 3.8) is 0 Å². The van der Waals surface area contributed by atoms with Crippen LogP contribution in [0.1, 0.15) is 16.7 Å². The Hall–Kier alpha value is -1.79. The number of urea groups is 1. The maximum atomic E-state index is 11.6. The lowest BCUT2D eigenvalue weighted by molar-refractivity contribution is 0.166. The van der Waals surface area contributed by atoms with E-state index in [4.69, 9.17) is 0 Å². The zero-order valence-electron chi connectivity index (χ0n) is 10.7. The number of hydrogen-bond donors (Lipinski definition) is 3. The Morgan fingerprint density at radius 1 is 1.42 bits per heavy atom. The van der Waals surface area contributed by atoms with Crippen LogP contribution in [0.25, 0.3) is 0 Å². The largest absolute Gasteiger partial charge is 0.385 e. The van der Waals surface area contributed by atoms with Crippen LogP contribution in [0.5, 0.6) is 0 Å². The molecule has 0 aliphatic rings. The van der Waals surface area contributed by atoms with Gasteiger partial charge in [-0.15, -0.1) is 11.3 Å². The highest BCUT2D eigenvalue weighted by Crippen LogP contribution is 2.11. The normalized spacial score (nSPS) is 12.1. The van der Waals surface area contributed by atoms with Crippen molar-refractivity contribution >= 4 is 17.4 Å². The van der Waals surface area contributed by atoms with Crippen molar-refractivity contribution in [2.24, 2.45) is 7.05 Å². The summed E-state index contributed by atoms with van der Waals surface area (Å²) >= 11 is 1.59.